The van der Waals surface area contributed by atoms with E-state index in [4.69, 9.17) is 4.74 Å². The summed E-state index contributed by atoms with van der Waals surface area (Å²) in [6, 6.07) is 7.89. The smallest absolute Gasteiger partial charge is 0.138 e. The lowest BCUT2D eigenvalue weighted by molar-refractivity contribution is 0.316. The number of nitrogens with one attached hydrogen (secondary N) is 1. The van der Waals surface area contributed by atoms with Gasteiger partial charge < -0.3 is 10.1 Å². The van der Waals surface area contributed by atoms with E-state index in [-0.39, 0.29) is 0 Å². The van der Waals surface area contributed by atoms with Crippen molar-refractivity contribution in [2.75, 3.05) is 18.5 Å². The number of aromatic nitrogens is 2. The highest BCUT2D eigenvalue weighted by Gasteiger charge is 2.03. The first kappa shape index (κ1) is 13.3. The van der Waals surface area contributed by atoms with E-state index >= 15 is 0 Å². The van der Waals surface area contributed by atoms with Crippen LogP contribution in [0.5, 0.6) is 5.75 Å². The van der Waals surface area contributed by atoms with E-state index in [1.165, 1.54) is 0 Å². The molecule has 0 bridgehead atoms. The van der Waals surface area contributed by atoms with Gasteiger partial charge in [-0.05, 0) is 31.5 Å². The average molecular weight is 257 g/mol. The van der Waals surface area contributed by atoms with Gasteiger partial charge in [-0.2, -0.15) is 0 Å². The first-order valence-corrected chi connectivity index (χ1v) is 6.62. The number of pyridine rings is 2. The van der Waals surface area contributed by atoms with Crippen LogP contribution in [0.25, 0.3) is 11.3 Å². The molecule has 0 radical (unpaired) electrons. The molecule has 0 atom stereocenters. The SMILES string of the molecule is CCCOc1cncc(-c2cccc(NCC)n2)c1. The maximum absolute atomic E-state index is 5.59. The van der Waals surface area contributed by atoms with Crippen molar-refractivity contribution in [1.82, 2.24) is 9.97 Å². The van der Waals surface area contributed by atoms with E-state index in [0.29, 0.717) is 6.61 Å². The molecule has 2 rings (SSSR count). The van der Waals surface area contributed by atoms with Gasteiger partial charge >= 0.3 is 0 Å². The van der Waals surface area contributed by atoms with Crippen LogP contribution in [0.1, 0.15) is 20.3 Å². The van der Waals surface area contributed by atoms with Crippen LogP contribution in [0, 0.1) is 0 Å². The van der Waals surface area contributed by atoms with Crippen molar-refractivity contribution in [3.05, 3.63) is 36.7 Å². The molecule has 4 heteroatoms. The first-order chi connectivity index (χ1) is 9.33. The van der Waals surface area contributed by atoms with E-state index in [0.717, 1.165) is 35.8 Å². The third kappa shape index (κ3) is 3.68. The normalized spacial score (nSPS) is 10.2. The Morgan fingerprint density at radius 1 is 1.21 bits per heavy atom. The van der Waals surface area contributed by atoms with Gasteiger partial charge in [-0.3, -0.25) is 4.98 Å². The summed E-state index contributed by atoms with van der Waals surface area (Å²) in [5.41, 5.74) is 1.86. The molecular weight excluding hydrogens is 238 g/mol. The minimum atomic E-state index is 0.704. The van der Waals surface area contributed by atoms with Crippen molar-refractivity contribution in [3.8, 4) is 17.0 Å². The Morgan fingerprint density at radius 2 is 2.11 bits per heavy atom. The average Bonchev–Trinajstić information content (AvgIpc) is 2.46. The maximum Gasteiger partial charge on any atom is 0.138 e. The fourth-order valence-electron chi connectivity index (χ4n) is 1.73. The van der Waals surface area contributed by atoms with Gasteiger partial charge in [0.05, 0.1) is 18.5 Å². The molecule has 0 aliphatic carbocycles. The van der Waals surface area contributed by atoms with Gasteiger partial charge in [0, 0.05) is 18.3 Å². The number of hydrogen-bond acceptors (Lipinski definition) is 4. The number of anilines is 1. The Balaban J connectivity index is 2.23. The summed E-state index contributed by atoms with van der Waals surface area (Å²) in [5.74, 6) is 1.66. The van der Waals surface area contributed by atoms with Crippen molar-refractivity contribution >= 4 is 5.82 Å². The lowest BCUT2D eigenvalue weighted by atomic mass is 10.2. The summed E-state index contributed by atoms with van der Waals surface area (Å²) in [6.07, 6.45) is 4.52. The van der Waals surface area contributed by atoms with Crippen LogP contribution in [0.15, 0.2) is 36.7 Å². The molecule has 0 aromatic carbocycles. The zero-order chi connectivity index (χ0) is 13.5. The molecule has 0 spiro atoms. The predicted molar refractivity (Wildman–Crippen MR) is 77.4 cm³/mol. The zero-order valence-electron chi connectivity index (χ0n) is 11.4. The molecule has 19 heavy (non-hydrogen) atoms. The minimum absolute atomic E-state index is 0.704. The summed E-state index contributed by atoms with van der Waals surface area (Å²) in [7, 11) is 0. The van der Waals surface area contributed by atoms with Crippen molar-refractivity contribution in [1.29, 1.82) is 0 Å². The second kappa shape index (κ2) is 6.73. The monoisotopic (exact) mass is 257 g/mol. The van der Waals surface area contributed by atoms with E-state index in [2.05, 4.69) is 29.1 Å². The van der Waals surface area contributed by atoms with Crippen LogP contribution in [0.4, 0.5) is 5.82 Å². The first-order valence-electron chi connectivity index (χ1n) is 6.62. The fourth-order valence-corrected chi connectivity index (χ4v) is 1.73. The summed E-state index contributed by atoms with van der Waals surface area (Å²) in [5, 5.41) is 3.20. The summed E-state index contributed by atoms with van der Waals surface area (Å²) in [4.78, 5) is 8.75. The number of nitrogens with zero attached hydrogens (tertiary/aromatic N) is 2. The van der Waals surface area contributed by atoms with Gasteiger partial charge in [-0.25, -0.2) is 4.98 Å². The number of ether oxygens (including phenoxy) is 1. The van der Waals surface area contributed by atoms with Gasteiger partial charge in [-0.15, -0.1) is 0 Å². The molecule has 0 aliphatic heterocycles. The molecule has 4 nitrogen and oxygen atoms in total. The van der Waals surface area contributed by atoms with E-state index < -0.39 is 0 Å². The summed E-state index contributed by atoms with van der Waals surface area (Å²) in [6.45, 7) is 5.69. The third-order valence-corrected chi connectivity index (χ3v) is 2.59. The van der Waals surface area contributed by atoms with Gasteiger partial charge in [-0.1, -0.05) is 13.0 Å². The molecule has 100 valence electrons. The van der Waals surface area contributed by atoms with Gasteiger partial charge in [0.25, 0.3) is 0 Å². The lowest BCUT2D eigenvalue weighted by Crippen LogP contribution is -2.00. The Bertz CT molecular complexity index is 528. The number of rotatable bonds is 6. The highest BCUT2D eigenvalue weighted by molar-refractivity contribution is 5.61. The standard InChI is InChI=1S/C15H19N3O/c1-3-8-19-13-9-12(10-16-11-13)14-6-5-7-15(18-14)17-4-2/h5-7,9-11H,3-4,8H2,1-2H3,(H,17,18). The molecule has 0 fully saturated rings. The van der Waals surface area contributed by atoms with Crippen LogP contribution in [-0.4, -0.2) is 23.1 Å². The Hall–Kier alpha value is -2.10. The topological polar surface area (TPSA) is 47.0 Å². The summed E-state index contributed by atoms with van der Waals surface area (Å²) < 4.78 is 5.59. The van der Waals surface area contributed by atoms with Crippen LogP contribution >= 0.6 is 0 Å². The molecule has 2 heterocycles. The Kier molecular flexibility index (Phi) is 4.72. The molecular formula is C15H19N3O. The van der Waals surface area contributed by atoms with Gasteiger partial charge in [0.1, 0.15) is 11.6 Å². The molecule has 0 unspecified atom stereocenters. The van der Waals surface area contributed by atoms with E-state index in [1.54, 1.807) is 12.4 Å². The fraction of sp³-hybridized carbons (Fsp3) is 0.333. The van der Waals surface area contributed by atoms with E-state index in [1.807, 2.05) is 24.3 Å². The lowest BCUT2D eigenvalue weighted by Gasteiger charge is -2.08. The second-order valence-electron chi connectivity index (χ2n) is 4.20. The van der Waals surface area contributed by atoms with Crippen LogP contribution < -0.4 is 10.1 Å². The molecule has 2 aromatic heterocycles. The minimum Gasteiger partial charge on any atom is -0.492 e. The van der Waals surface area contributed by atoms with Crippen molar-refractivity contribution in [2.24, 2.45) is 0 Å². The molecule has 2 aromatic rings. The highest BCUT2D eigenvalue weighted by Crippen LogP contribution is 2.22. The number of hydrogen-bond donors (Lipinski definition) is 1. The van der Waals surface area contributed by atoms with Crippen LogP contribution in [-0.2, 0) is 0 Å². The maximum atomic E-state index is 5.59. The molecule has 0 amide bonds. The zero-order valence-corrected chi connectivity index (χ0v) is 11.4. The Morgan fingerprint density at radius 3 is 2.89 bits per heavy atom. The molecule has 0 saturated heterocycles. The highest BCUT2D eigenvalue weighted by atomic mass is 16.5. The van der Waals surface area contributed by atoms with Crippen LogP contribution in [0.3, 0.4) is 0 Å². The van der Waals surface area contributed by atoms with Crippen molar-refractivity contribution < 1.29 is 4.74 Å². The summed E-state index contributed by atoms with van der Waals surface area (Å²) >= 11 is 0. The predicted octanol–water partition coefficient (Wildman–Crippen LogP) is 3.36. The van der Waals surface area contributed by atoms with Crippen molar-refractivity contribution in [3.63, 3.8) is 0 Å². The molecule has 1 N–H and O–H groups in total. The van der Waals surface area contributed by atoms with Crippen molar-refractivity contribution in [2.45, 2.75) is 20.3 Å². The third-order valence-electron chi connectivity index (χ3n) is 2.59. The molecule has 0 saturated carbocycles. The Labute approximate surface area is 113 Å². The van der Waals surface area contributed by atoms with Gasteiger partial charge in [0.15, 0.2) is 0 Å². The largest absolute Gasteiger partial charge is 0.492 e. The van der Waals surface area contributed by atoms with Gasteiger partial charge in [0.2, 0.25) is 0 Å². The van der Waals surface area contributed by atoms with Crippen LogP contribution in [0.2, 0.25) is 0 Å². The second-order valence-corrected chi connectivity index (χ2v) is 4.20. The quantitative estimate of drug-likeness (QED) is 0.862. The molecule has 0 aliphatic rings. The van der Waals surface area contributed by atoms with E-state index in [9.17, 15) is 0 Å².